The third kappa shape index (κ3) is 3.13. The van der Waals surface area contributed by atoms with Crippen LogP contribution in [-0.4, -0.2) is 13.1 Å². The predicted octanol–water partition coefficient (Wildman–Crippen LogP) is 2.61. The second-order valence-corrected chi connectivity index (χ2v) is 3.96. The molecular formula is C12H16O2. The van der Waals surface area contributed by atoms with Crippen molar-refractivity contribution in [2.24, 2.45) is 0 Å². The van der Waals surface area contributed by atoms with Crippen LogP contribution in [0.1, 0.15) is 36.7 Å². The molecule has 0 aliphatic rings. The van der Waals surface area contributed by atoms with E-state index in [-0.39, 0.29) is 5.41 Å². The number of aldehydes is 1. The fourth-order valence-electron chi connectivity index (χ4n) is 1.28. The molecule has 0 aromatic heterocycles. The van der Waals surface area contributed by atoms with Gasteiger partial charge in [-0.25, -0.2) is 0 Å². The van der Waals surface area contributed by atoms with Gasteiger partial charge in [-0.3, -0.25) is 4.79 Å². The molecule has 1 rings (SSSR count). The molecule has 0 amide bonds. The summed E-state index contributed by atoms with van der Waals surface area (Å²) in [6.07, 6.45) is 0.917. The molecule has 76 valence electrons. The van der Waals surface area contributed by atoms with Crippen molar-refractivity contribution >= 4 is 13.1 Å². The van der Waals surface area contributed by atoms with Crippen LogP contribution in [0.2, 0.25) is 0 Å². The Morgan fingerprint density at radius 3 is 2.00 bits per heavy atom. The number of carbonyl (C=O) groups is 2. The van der Waals surface area contributed by atoms with Gasteiger partial charge in [-0.1, -0.05) is 45.0 Å². The van der Waals surface area contributed by atoms with Crippen molar-refractivity contribution in [3.05, 3.63) is 35.4 Å². The summed E-state index contributed by atoms with van der Waals surface area (Å²) in [6.45, 7) is 8.32. The zero-order chi connectivity index (χ0) is 11.2. The van der Waals surface area contributed by atoms with Gasteiger partial charge in [-0.05, 0) is 11.0 Å². The van der Waals surface area contributed by atoms with E-state index < -0.39 is 0 Å². The van der Waals surface area contributed by atoms with Crippen molar-refractivity contribution in [3.8, 4) is 0 Å². The molecule has 0 atom stereocenters. The van der Waals surface area contributed by atoms with Gasteiger partial charge in [0.05, 0.1) is 0 Å². The highest BCUT2D eigenvalue weighted by molar-refractivity contribution is 5.77. The minimum Gasteiger partial charge on any atom is -0.307 e. The van der Waals surface area contributed by atoms with Crippen LogP contribution in [0.5, 0.6) is 0 Å². The topological polar surface area (TPSA) is 34.1 Å². The molecule has 1 aromatic rings. The zero-order valence-electron chi connectivity index (χ0n) is 8.91. The lowest BCUT2D eigenvalue weighted by atomic mass is 9.84. The molecule has 0 heterocycles. The van der Waals surface area contributed by atoms with E-state index in [9.17, 15) is 4.79 Å². The minimum absolute atomic E-state index is 0.0531. The van der Waals surface area contributed by atoms with Crippen LogP contribution in [0.15, 0.2) is 24.3 Å². The van der Waals surface area contributed by atoms with Crippen LogP contribution < -0.4 is 0 Å². The van der Waals surface area contributed by atoms with E-state index >= 15 is 0 Å². The highest BCUT2D eigenvalue weighted by atomic mass is 16.1. The maximum Gasteiger partial charge on any atom is 0.150 e. The molecular weight excluding hydrogens is 176 g/mol. The van der Waals surface area contributed by atoms with E-state index in [1.165, 1.54) is 0 Å². The molecule has 0 N–H and O–H groups in total. The quantitative estimate of drug-likeness (QED) is 0.641. The Labute approximate surface area is 84.9 Å². The number of carbonyl (C=O) groups excluding carboxylic acids is 2. The summed E-state index contributed by atoms with van der Waals surface area (Å²) in [5, 5.41) is 0. The predicted molar refractivity (Wildman–Crippen MR) is 57.7 cm³/mol. The van der Waals surface area contributed by atoms with Crippen LogP contribution in [0.4, 0.5) is 0 Å². The van der Waals surface area contributed by atoms with Gasteiger partial charge < -0.3 is 4.79 Å². The zero-order valence-corrected chi connectivity index (χ0v) is 8.91. The van der Waals surface area contributed by atoms with Crippen molar-refractivity contribution in [2.45, 2.75) is 26.2 Å². The minimum atomic E-state index is 0.0531. The Balaban J connectivity index is 0.000000791. The molecule has 0 radical (unpaired) electrons. The number of hydrogen-bond acceptors (Lipinski definition) is 2. The van der Waals surface area contributed by atoms with Gasteiger partial charge in [-0.2, -0.15) is 0 Å². The third-order valence-corrected chi connectivity index (χ3v) is 1.90. The van der Waals surface area contributed by atoms with Crippen molar-refractivity contribution < 1.29 is 9.59 Å². The van der Waals surface area contributed by atoms with Gasteiger partial charge in [0.15, 0.2) is 0 Å². The van der Waals surface area contributed by atoms with Crippen LogP contribution in [0.25, 0.3) is 0 Å². The summed E-state index contributed by atoms with van der Waals surface area (Å²) in [7, 11) is 0. The van der Waals surface area contributed by atoms with Crippen molar-refractivity contribution in [1.29, 1.82) is 0 Å². The lowest BCUT2D eigenvalue weighted by molar-refractivity contribution is -0.0979. The molecule has 2 heteroatoms. The molecule has 2 nitrogen and oxygen atoms in total. The Morgan fingerprint density at radius 2 is 1.64 bits per heavy atom. The van der Waals surface area contributed by atoms with E-state index in [4.69, 9.17) is 4.79 Å². The van der Waals surface area contributed by atoms with E-state index in [1.807, 2.05) is 31.1 Å². The highest BCUT2D eigenvalue weighted by Gasteiger charge is 2.16. The van der Waals surface area contributed by atoms with Crippen LogP contribution in [0, 0.1) is 0 Å². The van der Waals surface area contributed by atoms with Gasteiger partial charge >= 0.3 is 0 Å². The lowest BCUT2D eigenvalue weighted by Gasteiger charge is -2.20. The molecule has 0 bridgehead atoms. The monoisotopic (exact) mass is 192 g/mol. The van der Waals surface area contributed by atoms with E-state index in [2.05, 4.69) is 20.8 Å². The fraction of sp³-hybridized carbons (Fsp3) is 0.333. The average Bonchev–Trinajstić information content (AvgIpc) is 2.19. The summed E-state index contributed by atoms with van der Waals surface area (Å²) < 4.78 is 0. The van der Waals surface area contributed by atoms with Crippen LogP contribution in [-0.2, 0) is 10.2 Å². The Morgan fingerprint density at radius 1 is 1.14 bits per heavy atom. The molecule has 0 fully saturated rings. The van der Waals surface area contributed by atoms with Gasteiger partial charge in [-0.15, -0.1) is 0 Å². The average molecular weight is 192 g/mol. The summed E-state index contributed by atoms with van der Waals surface area (Å²) in [5.74, 6) is 0. The van der Waals surface area contributed by atoms with Gasteiger partial charge in [0.1, 0.15) is 13.1 Å². The van der Waals surface area contributed by atoms with E-state index in [0.717, 1.165) is 17.4 Å². The summed E-state index contributed by atoms with van der Waals surface area (Å²) in [4.78, 5) is 18.7. The number of benzene rings is 1. The van der Waals surface area contributed by atoms with E-state index in [0.29, 0.717) is 0 Å². The summed E-state index contributed by atoms with van der Waals surface area (Å²) in [5.41, 5.74) is 1.96. The molecule has 1 aromatic carbocycles. The SMILES string of the molecule is C=O.CC(C)(C)c1ccccc1C=O. The maximum absolute atomic E-state index is 10.7. The third-order valence-electron chi connectivity index (χ3n) is 1.90. The molecule has 0 unspecified atom stereocenters. The fourth-order valence-corrected chi connectivity index (χ4v) is 1.28. The molecule has 0 aliphatic carbocycles. The Bertz CT molecular complexity index is 297. The van der Waals surface area contributed by atoms with E-state index in [1.54, 1.807) is 0 Å². The molecule has 0 saturated heterocycles. The first-order valence-corrected chi connectivity index (χ1v) is 4.39. The lowest BCUT2D eigenvalue weighted by Crippen LogP contribution is -2.13. The first kappa shape index (κ1) is 12.6. The maximum atomic E-state index is 10.7. The van der Waals surface area contributed by atoms with Gasteiger partial charge in [0, 0.05) is 5.56 Å². The largest absolute Gasteiger partial charge is 0.307 e. The van der Waals surface area contributed by atoms with Crippen molar-refractivity contribution in [3.63, 3.8) is 0 Å². The van der Waals surface area contributed by atoms with Crippen LogP contribution in [0.3, 0.4) is 0 Å². The number of hydrogen-bond donors (Lipinski definition) is 0. The molecule has 0 aliphatic heterocycles. The smallest absolute Gasteiger partial charge is 0.150 e. The first-order chi connectivity index (χ1) is 6.55. The van der Waals surface area contributed by atoms with Gasteiger partial charge in [0.25, 0.3) is 0 Å². The summed E-state index contributed by atoms with van der Waals surface area (Å²) >= 11 is 0. The standard InChI is InChI=1S/C11H14O.CH2O/c1-11(2,3)10-7-5-4-6-9(10)8-12;1-2/h4-8H,1-3H3;1H2. The second-order valence-electron chi connectivity index (χ2n) is 3.96. The molecule has 14 heavy (non-hydrogen) atoms. The molecule has 0 spiro atoms. The highest BCUT2D eigenvalue weighted by Crippen LogP contribution is 2.24. The van der Waals surface area contributed by atoms with Crippen molar-refractivity contribution in [1.82, 2.24) is 0 Å². The van der Waals surface area contributed by atoms with Crippen molar-refractivity contribution in [2.75, 3.05) is 0 Å². The molecule has 0 saturated carbocycles. The second kappa shape index (κ2) is 5.32. The summed E-state index contributed by atoms with van der Waals surface area (Å²) in [6, 6.07) is 7.71. The Kier molecular flexibility index (Phi) is 4.78. The Hall–Kier alpha value is -1.44. The van der Waals surface area contributed by atoms with Gasteiger partial charge in [0.2, 0.25) is 0 Å². The number of rotatable bonds is 1. The van der Waals surface area contributed by atoms with Crippen LogP contribution >= 0.6 is 0 Å². The normalized spacial score (nSPS) is 9.93. The first-order valence-electron chi connectivity index (χ1n) is 4.39.